The molecular weight excluding hydrogens is 204 g/mol. The van der Waals surface area contributed by atoms with Crippen LogP contribution in [0.15, 0.2) is 0 Å². The Balaban J connectivity index is 2.32. The maximum absolute atomic E-state index is 2.54. The summed E-state index contributed by atoms with van der Waals surface area (Å²) in [4.78, 5) is 0. The molecule has 0 amide bonds. The minimum Gasteiger partial charge on any atom is -0.0654 e. The summed E-state index contributed by atoms with van der Waals surface area (Å²) in [5.74, 6) is 1.85. The number of hydrogen-bond acceptors (Lipinski definition) is 0. The average molecular weight is 238 g/mol. The van der Waals surface area contributed by atoms with E-state index in [0.29, 0.717) is 10.8 Å². The van der Waals surface area contributed by atoms with Crippen LogP contribution < -0.4 is 0 Å². The second-order valence-corrected chi connectivity index (χ2v) is 7.25. The van der Waals surface area contributed by atoms with Crippen molar-refractivity contribution in [3.05, 3.63) is 0 Å². The van der Waals surface area contributed by atoms with Gasteiger partial charge >= 0.3 is 0 Å². The van der Waals surface area contributed by atoms with Crippen LogP contribution in [0.4, 0.5) is 0 Å². The summed E-state index contributed by atoms with van der Waals surface area (Å²) in [7, 11) is 0. The van der Waals surface area contributed by atoms with Crippen LogP contribution in [0, 0.1) is 22.7 Å². The van der Waals surface area contributed by atoms with Gasteiger partial charge in [0.15, 0.2) is 0 Å². The standard InChI is InChI=1S/C17H34/c1-7-12-16(5)13-17(16,6)15(4)11-9-10-14(3)8-2/h14-15H,7-13H2,1-6H3. The molecule has 0 saturated heterocycles. The molecule has 0 radical (unpaired) electrons. The van der Waals surface area contributed by atoms with Gasteiger partial charge in [-0.15, -0.1) is 0 Å². The quantitative estimate of drug-likeness (QED) is 0.482. The number of rotatable bonds is 8. The fraction of sp³-hybridized carbons (Fsp3) is 1.00. The molecule has 0 heterocycles. The fourth-order valence-electron chi connectivity index (χ4n) is 3.76. The van der Waals surface area contributed by atoms with Gasteiger partial charge < -0.3 is 0 Å². The first-order valence-electron chi connectivity index (χ1n) is 7.89. The maximum atomic E-state index is 2.54. The lowest BCUT2D eigenvalue weighted by Gasteiger charge is -2.26. The molecule has 1 fully saturated rings. The van der Waals surface area contributed by atoms with Crippen LogP contribution in [0.5, 0.6) is 0 Å². The van der Waals surface area contributed by atoms with Gasteiger partial charge in [0.05, 0.1) is 0 Å². The molecule has 0 aromatic rings. The first kappa shape index (κ1) is 15.1. The zero-order chi connectivity index (χ0) is 13.1. The Morgan fingerprint density at radius 2 is 1.71 bits per heavy atom. The third-order valence-electron chi connectivity index (χ3n) is 5.93. The molecular formula is C17H34. The van der Waals surface area contributed by atoms with Gasteiger partial charge in [-0.25, -0.2) is 0 Å². The Hall–Kier alpha value is 0. The highest BCUT2D eigenvalue weighted by atomic mass is 14.7. The molecule has 102 valence electrons. The van der Waals surface area contributed by atoms with E-state index in [1.165, 1.54) is 44.9 Å². The largest absolute Gasteiger partial charge is 0.0654 e. The minimum absolute atomic E-state index is 0.651. The third-order valence-corrected chi connectivity index (χ3v) is 5.93. The van der Waals surface area contributed by atoms with Crippen LogP contribution in [-0.2, 0) is 0 Å². The summed E-state index contributed by atoms with van der Waals surface area (Å²) in [5, 5.41) is 0. The van der Waals surface area contributed by atoms with Crippen LogP contribution in [0.2, 0.25) is 0 Å². The Morgan fingerprint density at radius 3 is 2.24 bits per heavy atom. The Kier molecular flexibility index (Phi) is 5.10. The molecule has 0 bridgehead atoms. The van der Waals surface area contributed by atoms with E-state index in [1.54, 1.807) is 0 Å². The van der Waals surface area contributed by atoms with Crippen molar-refractivity contribution in [3.8, 4) is 0 Å². The van der Waals surface area contributed by atoms with E-state index >= 15 is 0 Å². The van der Waals surface area contributed by atoms with Gasteiger partial charge in [-0.2, -0.15) is 0 Å². The van der Waals surface area contributed by atoms with Crippen LogP contribution >= 0.6 is 0 Å². The molecule has 1 rings (SSSR count). The van der Waals surface area contributed by atoms with Gasteiger partial charge in [-0.05, 0) is 35.5 Å². The molecule has 0 N–H and O–H groups in total. The molecule has 1 aliphatic rings. The summed E-state index contributed by atoms with van der Waals surface area (Å²) in [6, 6.07) is 0. The van der Waals surface area contributed by atoms with E-state index < -0.39 is 0 Å². The van der Waals surface area contributed by atoms with Crippen molar-refractivity contribution in [2.75, 3.05) is 0 Å². The Morgan fingerprint density at radius 1 is 1.06 bits per heavy atom. The molecule has 0 spiro atoms. The predicted octanol–water partition coefficient (Wildman–Crippen LogP) is 6.06. The van der Waals surface area contributed by atoms with Crippen molar-refractivity contribution < 1.29 is 0 Å². The zero-order valence-corrected chi connectivity index (χ0v) is 13.1. The molecule has 4 atom stereocenters. The first-order chi connectivity index (χ1) is 7.89. The second-order valence-electron chi connectivity index (χ2n) is 7.25. The normalized spacial score (nSPS) is 35.6. The number of hydrogen-bond donors (Lipinski definition) is 0. The van der Waals surface area contributed by atoms with Gasteiger partial charge in [0.25, 0.3) is 0 Å². The van der Waals surface area contributed by atoms with Crippen molar-refractivity contribution in [2.45, 2.75) is 86.5 Å². The van der Waals surface area contributed by atoms with Crippen LogP contribution in [0.25, 0.3) is 0 Å². The van der Waals surface area contributed by atoms with Crippen LogP contribution in [-0.4, -0.2) is 0 Å². The van der Waals surface area contributed by atoms with Crippen molar-refractivity contribution in [3.63, 3.8) is 0 Å². The third kappa shape index (κ3) is 3.26. The lowest BCUT2D eigenvalue weighted by molar-refractivity contribution is 0.241. The molecule has 0 nitrogen and oxygen atoms in total. The zero-order valence-electron chi connectivity index (χ0n) is 13.1. The van der Waals surface area contributed by atoms with E-state index in [1.807, 2.05) is 0 Å². The van der Waals surface area contributed by atoms with E-state index in [9.17, 15) is 0 Å². The Bertz CT molecular complexity index is 232. The molecule has 0 aliphatic heterocycles. The lowest BCUT2D eigenvalue weighted by Crippen LogP contribution is -2.17. The van der Waals surface area contributed by atoms with E-state index in [-0.39, 0.29) is 0 Å². The maximum Gasteiger partial charge on any atom is -0.0241 e. The lowest BCUT2D eigenvalue weighted by atomic mass is 9.79. The second kappa shape index (κ2) is 5.76. The topological polar surface area (TPSA) is 0 Å². The molecule has 1 aliphatic carbocycles. The monoisotopic (exact) mass is 238 g/mol. The molecule has 0 aromatic carbocycles. The van der Waals surface area contributed by atoms with Crippen molar-refractivity contribution in [1.82, 2.24) is 0 Å². The van der Waals surface area contributed by atoms with Crippen molar-refractivity contribution in [1.29, 1.82) is 0 Å². The van der Waals surface area contributed by atoms with E-state index in [0.717, 1.165) is 11.8 Å². The summed E-state index contributed by atoms with van der Waals surface area (Å²) < 4.78 is 0. The SMILES string of the molecule is CCCC1(C)CC1(C)C(C)CCCC(C)CC. The average Bonchev–Trinajstić information content (AvgIpc) is 2.82. The Labute approximate surface area is 110 Å². The summed E-state index contributed by atoms with van der Waals surface area (Å²) in [6.45, 7) is 14.6. The minimum atomic E-state index is 0.651. The predicted molar refractivity (Wildman–Crippen MR) is 78.2 cm³/mol. The van der Waals surface area contributed by atoms with Gasteiger partial charge in [0.2, 0.25) is 0 Å². The summed E-state index contributed by atoms with van der Waals surface area (Å²) in [6.07, 6.45) is 9.91. The highest BCUT2D eigenvalue weighted by Crippen LogP contribution is 2.70. The van der Waals surface area contributed by atoms with Gasteiger partial charge in [0, 0.05) is 0 Å². The van der Waals surface area contributed by atoms with Crippen LogP contribution in [0.1, 0.15) is 86.5 Å². The fourth-order valence-corrected chi connectivity index (χ4v) is 3.76. The molecule has 4 unspecified atom stereocenters. The highest BCUT2D eigenvalue weighted by molar-refractivity contribution is 5.10. The van der Waals surface area contributed by atoms with Crippen LogP contribution in [0.3, 0.4) is 0 Å². The van der Waals surface area contributed by atoms with Gasteiger partial charge in [0.1, 0.15) is 0 Å². The van der Waals surface area contributed by atoms with E-state index in [4.69, 9.17) is 0 Å². The van der Waals surface area contributed by atoms with Gasteiger partial charge in [-0.1, -0.05) is 73.6 Å². The molecule has 0 aromatic heterocycles. The summed E-state index contributed by atoms with van der Waals surface area (Å²) >= 11 is 0. The van der Waals surface area contributed by atoms with Gasteiger partial charge in [-0.3, -0.25) is 0 Å². The van der Waals surface area contributed by atoms with Crippen molar-refractivity contribution in [2.24, 2.45) is 22.7 Å². The van der Waals surface area contributed by atoms with Crippen molar-refractivity contribution >= 4 is 0 Å². The molecule has 0 heteroatoms. The first-order valence-corrected chi connectivity index (χ1v) is 7.89. The summed E-state index contributed by atoms with van der Waals surface area (Å²) in [5.41, 5.74) is 1.32. The van der Waals surface area contributed by atoms with E-state index in [2.05, 4.69) is 41.5 Å². The molecule has 17 heavy (non-hydrogen) atoms. The smallest absolute Gasteiger partial charge is 0.0241 e. The highest BCUT2D eigenvalue weighted by Gasteiger charge is 2.61. The molecule has 1 saturated carbocycles.